The van der Waals surface area contributed by atoms with Gasteiger partial charge in [-0.15, -0.1) is 0 Å². The Morgan fingerprint density at radius 1 is 1.35 bits per heavy atom. The Morgan fingerprint density at radius 2 is 2.00 bits per heavy atom. The minimum absolute atomic E-state index is 0.0468. The normalized spacial score (nSPS) is 17.4. The van der Waals surface area contributed by atoms with E-state index in [-0.39, 0.29) is 18.2 Å². The van der Waals surface area contributed by atoms with Gasteiger partial charge in [-0.25, -0.2) is 0 Å². The largest absolute Gasteiger partial charge is 0.475 e. The van der Waals surface area contributed by atoms with Gasteiger partial charge in [0.25, 0.3) is 5.91 Å². The van der Waals surface area contributed by atoms with Gasteiger partial charge in [0.05, 0.1) is 24.9 Å². The molecule has 0 saturated carbocycles. The lowest BCUT2D eigenvalue weighted by Gasteiger charge is -2.42. The summed E-state index contributed by atoms with van der Waals surface area (Å²) in [5, 5.41) is 18.9. The van der Waals surface area contributed by atoms with E-state index in [9.17, 15) is 14.7 Å². The van der Waals surface area contributed by atoms with Crippen molar-refractivity contribution in [2.45, 2.75) is 45.3 Å². The lowest BCUT2D eigenvalue weighted by atomic mass is 9.92. The highest BCUT2D eigenvalue weighted by Crippen LogP contribution is 2.41. The summed E-state index contributed by atoms with van der Waals surface area (Å²) in [5.74, 6) is 0.123. The van der Waals surface area contributed by atoms with Crippen LogP contribution in [0.5, 0.6) is 5.75 Å². The second-order valence-electron chi connectivity index (χ2n) is 5.79. The molecule has 126 valence electrons. The number of aliphatic hydroxyl groups is 2. The molecule has 1 aliphatic rings. The molecule has 0 bridgehead atoms. The number of Topliss-reactive ketones (excluding diaryl/α,β-unsaturated/α-hetero) is 1. The molecule has 1 atom stereocenters. The van der Waals surface area contributed by atoms with Gasteiger partial charge < -0.3 is 19.8 Å². The summed E-state index contributed by atoms with van der Waals surface area (Å²) in [6.45, 7) is 4.70. The summed E-state index contributed by atoms with van der Waals surface area (Å²) in [6, 6.07) is 4.93. The third kappa shape index (κ3) is 3.09. The molecule has 1 aromatic carbocycles. The number of aliphatic hydroxyl groups excluding tert-OH is 2. The fraction of sp³-hybridized carbons (Fsp3) is 0.529. The predicted molar refractivity (Wildman–Crippen MR) is 85.8 cm³/mol. The second kappa shape index (κ2) is 6.68. The quantitative estimate of drug-likeness (QED) is 0.776. The lowest BCUT2D eigenvalue weighted by molar-refractivity contribution is -0.136. The maximum atomic E-state index is 12.9. The Hall–Kier alpha value is -1.92. The van der Waals surface area contributed by atoms with Crippen LogP contribution in [0.15, 0.2) is 18.2 Å². The van der Waals surface area contributed by atoms with Crippen molar-refractivity contribution in [3.63, 3.8) is 0 Å². The molecule has 0 radical (unpaired) electrons. The van der Waals surface area contributed by atoms with Crippen LogP contribution in [0.1, 0.15) is 44.0 Å². The average Bonchev–Trinajstić information content (AvgIpc) is 2.56. The first-order valence-corrected chi connectivity index (χ1v) is 7.83. The van der Waals surface area contributed by atoms with E-state index in [0.29, 0.717) is 29.8 Å². The third-order valence-corrected chi connectivity index (χ3v) is 4.34. The van der Waals surface area contributed by atoms with Crippen molar-refractivity contribution in [1.29, 1.82) is 0 Å². The highest BCUT2D eigenvalue weighted by molar-refractivity contribution is 6.04. The number of carbonyl (C=O) groups excluding carboxylic acids is 2. The zero-order valence-corrected chi connectivity index (χ0v) is 13.7. The number of benzene rings is 1. The molecule has 1 aliphatic heterocycles. The Morgan fingerprint density at radius 3 is 2.52 bits per heavy atom. The maximum absolute atomic E-state index is 12.9. The molecule has 0 fully saturated rings. The van der Waals surface area contributed by atoms with Crippen LogP contribution in [0.4, 0.5) is 5.69 Å². The SMILES string of the molecule is CCC1(CC)Oc2ccc(C(C)=O)cc2N(CC(O)CO)C1=O. The summed E-state index contributed by atoms with van der Waals surface area (Å²) < 4.78 is 5.96. The summed E-state index contributed by atoms with van der Waals surface area (Å²) in [5.41, 5.74) is -0.0724. The molecular formula is C17H23NO5. The van der Waals surface area contributed by atoms with E-state index in [2.05, 4.69) is 0 Å². The number of β-amino-alcohol motifs (C(OH)–C–C–N with tert-alkyl or cyclic N) is 1. The molecule has 0 aliphatic carbocycles. The second-order valence-corrected chi connectivity index (χ2v) is 5.79. The Balaban J connectivity index is 2.54. The van der Waals surface area contributed by atoms with Gasteiger partial charge in [-0.1, -0.05) is 13.8 Å². The van der Waals surface area contributed by atoms with E-state index in [1.165, 1.54) is 11.8 Å². The lowest BCUT2D eigenvalue weighted by Crippen LogP contribution is -2.57. The van der Waals surface area contributed by atoms with E-state index in [4.69, 9.17) is 9.84 Å². The van der Waals surface area contributed by atoms with Gasteiger partial charge >= 0.3 is 0 Å². The van der Waals surface area contributed by atoms with Gasteiger partial charge in [0, 0.05) is 5.56 Å². The summed E-state index contributed by atoms with van der Waals surface area (Å²) in [4.78, 5) is 25.9. The van der Waals surface area contributed by atoms with E-state index in [1.807, 2.05) is 13.8 Å². The van der Waals surface area contributed by atoms with Crippen LogP contribution in [-0.4, -0.2) is 46.8 Å². The number of hydrogen-bond acceptors (Lipinski definition) is 5. The van der Waals surface area contributed by atoms with Crippen LogP contribution in [0.3, 0.4) is 0 Å². The highest BCUT2D eigenvalue weighted by atomic mass is 16.5. The molecule has 0 spiro atoms. The van der Waals surface area contributed by atoms with Crippen molar-refractivity contribution < 1.29 is 24.5 Å². The first-order chi connectivity index (χ1) is 10.9. The number of rotatable bonds is 6. The number of anilines is 1. The molecule has 6 heteroatoms. The van der Waals surface area contributed by atoms with E-state index in [0.717, 1.165) is 0 Å². The van der Waals surface area contributed by atoms with Crippen molar-refractivity contribution in [1.82, 2.24) is 0 Å². The van der Waals surface area contributed by atoms with Gasteiger partial charge in [0.1, 0.15) is 5.75 Å². The number of ketones is 1. The molecule has 6 nitrogen and oxygen atoms in total. The van der Waals surface area contributed by atoms with Crippen molar-refractivity contribution >= 4 is 17.4 Å². The van der Waals surface area contributed by atoms with Gasteiger partial charge in [-0.3, -0.25) is 9.59 Å². The van der Waals surface area contributed by atoms with Gasteiger partial charge in [0.15, 0.2) is 11.4 Å². The first kappa shape index (κ1) is 17.4. The average molecular weight is 321 g/mol. The number of fused-ring (bicyclic) bond motifs is 1. The number of hydrogen-bond donors (Lipinski definition) is 2. The van der Waals surface area contributed by atoms with Crippen molar-refractivity contribution in [2.75, 3.05) is 18.1 Å². The van der Waals surface area contributed by atoms with E-state index < -0.39 is 18.3 Å². The van der Waals surface area contributed by atoms with Crippen LogP contribution in [-0.2, 0) is 4.79 Å². The number of carbonyl (C=O) groups is 2. The molecule has 1 amide bonds. The van der Waals surface area contributed by atoms with Crippen molar-refractivity contribution in [3.05, 3.63) is 23.8 Å². The van der Waals surface area contributed by atoms with Gasteiger partial charge in [-0.05, 0) is 38.0 Å². The molecule has 23 heavy (non-hydrogen) atoms. The number of nitrogens with zero attached hydrogens (tertiary/aromatic N) is 1. The van der Waals surface area contributed by atoms with Gasteiger partial charge in [-0.2, -0.15) is 0 Å². The summed E-state index contributed by atoms with van der Waals surface area (Å²) in [6.07, 6.45) is -0.0820. The fourth-order valence-corrected chi connectivity index (χ4v) is 2.79. The Kier molecular flexibility index (Phi) is 5.06. The topological polar surface area (TPSA) is 87.1 Å². The zero-order valence-electron chi connectivity index (χ0n) is 13.7. The van der Waals surface area contributed by atoms with Crippen LogP contribution < -0.4 is 9.64 Å². The predicted octanol–water partition coefficient (Wildman–Crippen LogP) is 1.53. The molecule has 0 saturated heterocycles. The minimum Gasteiger partial charge on any atom is -0.475 e. The van der Waals surface area contributed by atoms with Crippen molar-refractivity contribution in [2.24, 2.45) is 0 Å². The third-order valence-electron chi connectivity index (χ3n) is 4.34. The molecule has 1 heterocycles. The van der Waals surface area contributed by atoms with Crippen LogP contribution in [0.25, 0.3) is 0 Å². The fourth-order valence-electron chi connectivity index (χ4n) is 2.79. The Bertz CT molecular complexity index is 609. The smallest absolute Gasteiger partial charge is 0.271 e. The highest BCUT2D eigenvalue weighted by Gasteiger charge is 2.46. The maximum Gasteiger partial charge on any atom is 0.271 e. The zero-order chi connectivity index (χ0) is 17.2. The molecule has 1 aromatic rings. The van der Waals surface area contributed by atoms with Crippen molar-refractivity contribution in [3.8, 4) is 5.75 Å². The molecule has 1 unspecified atom stereocenters. The van der Waals surface area contributed by atoms with Crippen LogP contribution in [0.2, 0.25) is 0 Å². The summed E-state index contributed by atoms with van der Waals surface area (Å²) >= 11 is 0. The monoisotopic (exact) mass is 321 g/mol. The molecule has 2 N–H and O–H groups in total. The number of ether oxygens (including phenoxy) is 1. The number of amides is 1. The Labute approximate surface area is 135 Å². The first-order valence-electron chi connectivity index (χ1n) is 7.83. The molecule has 0 aromatic heterocycles. The standard InChI is InChI=1S/C17H23NO5/c1-4-17(5-2)16(22)18(9-13(21)10-19)14-8-12(11(3)20)6-7-15(14)23-17/h6-8,13,19,21H,4-5,9-10H2,1-3H3. The molecule has 2 rings (SSSR count). The van der Waals surface area contributed by atoms with Gasteiger partial charge in [0.2, 0.25) is 0 Å². The van der Waals surface area contributed by atoms with E-state index >= 15 is 0 Å². The summed E-state index contributed by atoms with van der Waals surface area (Å²) in [7, 11) is 0. The molecular weight excluding hydrogens is 298 g/mol. The van der Waals surface area contributed by atoms with E-state index in [1.54, 1.807) is 18.2 Å². The van der Waals surface area contributed by atoms with Crippen LogP contribution in [0, 0.1) is 0 Å². The van der Waals surface area contributed by atoms with Crippen LogP contribution >= 0.6 is 0 Å². The minimum atomic E-state index is -1.06.